The largest absolute Gasteiger partial charge is 0.336 e. The van der Waals surface area contributed by atoms with Crippen LogP contribution in [0.25, 0.3) is 0 Å². The molecule has 6 heteroatoms. The summed E-state index contributed by atoms with van der Waals surface area (Å²) in [7, 11) is 0. The van der Waals surface area contributed by atoms with Crippen LogP contribution in [0.2, 0.25) is 0 Å². The highest BCUT2D eigenvalue weighted by Crippen LogP contribution is 2.23. The first kappa shape index (κ1) is 17.9. The zero-order valence-electron chi connectivity index (χ0n) is 12.1. The van der Waals surface area contributed by atoms with Gasteiger partial charge in [-0.25, -0.2) is 8.78 Å². The van der Waals surface area contributed by atoms with E-state index in [2.05, 4.69) is 0 Å². The monoisotopic (exact) mass is 318 g/mol. The Bertz CT molecular complexity index is 509. The maximum absolute atomic E-state index is 13.8. The first-order chi connectivity index (χ1) is 9.54. The normalized spacial score (nSPS) is 18.3. The SMILES string of the molecule is Cc1cc(C(=O)N2CCCCC2CCN)c(F)cc1F.Cl. The maximum Gasteiger partial charge on any atom is 0.257 e. The zero-order chi connectivity index (χ0) is 14.7. The van der Waals surface area contributed by atoms with Crippen molar-refractivity contribution < 1.29 is 13.6 Å². The second kappa shape index (κ2) is 7.71. The Morgan fingerprint density at radius 1 is 1.33 bits per heavy atom. The van der Waals surface area contributed by atoms with Gasteiger partial charge in [0.15, 0.2) is 0 Å². The van der Waals surface area contributed by atoms with Crippen LogP contribution in [0.1, 0.15) is 41.6 Å². The van der Waals surface area contributed by atoms with Gasteiger partial charge in [0.25, 0.3) is 5.91 Å². The molecule has 0 bridgehead atoms. The number of likely N-dealkylation sites (tertiary alicyclic amines) is 1. The number of hydrogen-bond donors (Lipinski definition) is 1. The molecule has 1 aromatic carbocycles. The van der Waals surface area contributed by atoms with Gasteiger partial charge < -0.3 is 10.6 Å². The van der Waals surface area contributed by atoms with Crippen LogP contribution in [0.5, 0.6) is 0 Å². The third-order valence-electron chi connectivity index (χ3n) is 3.87. The third-order valence-corrected chi connectivity index (χ3v) is 3.87. The average molecular weight is 319 g/mol. The number of carbonyl (C=O) groups excluding carboxylic acids is 1. The summed E-state index contributed by atoms with van der Waals surface area (Å²) in [4.78, 5) is 14.2. The molecule has 118 valence electrons. The zero-order valence-corrected chi connectivity index (χ0v) is 12.9. The minimum Gasteiger partial charge on any atom is -0.336 e. The van der Waals surface area contributed by atoms with Gasteiger partial charge >= 0.3 is 0 Å². The molecule has 1 unspecified atom stereocenters. The first-order valence-electron chi connectivity index (χ1n) is 7.01. The number of nitrogens with two attached hydrogens (primary N) is 1. The first-order valence-corrected chi connectivity index (χ1v) is 7.01. The van der Waals surface area contributed by atoms with Gasteiger partial charge in [-0.2, -0.15) is 0 Å². The van der Waals surface area contributed by atoms with E-state index in [0.29, 0.717) is 19.5 Å². The molecule has 0 saturated carbocycles. The van der Waals surface area contributed by atoms with Crippen molar-refractivity contribution in [3.05, 3.63) is 34.9 Å². The molecule has 2 N–H and O–H groups in total. The molecule has 0 aromatic heterocycles. The Kier molecular flexibility index (Phi) is 6.55. The number of rotatable bonds is 3. The van der Waals surface area contributed by atoms with E-state index >= 15 is 0 Å². The molecule has 1 aliphatic heterocycles. The Morgan fingerprint density at radius 2 is 2.05 bits per heavy atom. The van der Waals surface area contributed by atoms with E-state index < -0.39 is 11.6 Å². The fourth-order valence-electron chi connectivity index (χ4n) is 2.74. The van der Waals surface area contributed by atoms with Crippen LogP contribution in [0.3, 0.4) is 0 Å². The van der Waals surface area contributed by atoms with Crippen molar-refractivity contribution in [1.29, 1.82) is 0 Å². The highest BCUT2D eigenvalue weighted by atomic mass is 35.5. The molecule has 1 aromatic rings. The van der Waals surface area contributed by atoms with Crippen molar-refractivity contribution in [3.63, 3.8) is 0 Å². The van der Waals surface area contributed by atoms with Crippen molar-refractivity contribution in [2.75, 3.05) is 13.1 Å². The number of aryl methyl sites for hydroxylation is 1. The van der Waals surface area contributed by atoms with Crippen molar-refractivity contribution in [1.82, 2.24) is 4.90 Å². The van der Waals surface area contributed by atoms with Gasteiger partial charge in [-0.1, -0.05) is 0 Å². The van der Waals surface area contributed by atoms with E-state index in [1.165, 1.54) is 13.0 Å². The molecule has 1 heterocycles. The smallest absolute Gasteiger partial charge is 0.257 e. The Hall–Kier alpha value is -1.20. The molecule has 1 aliphatic rings. The average Bonchev–Trinajstić information content (AvgIpc) is 2.43. The van der Waals surface area contributed by atoms with Gasteiger partial charge in [0.05, 0.1) is 5.56 Å². The molecular weight excluding hydrogens is 298 g/mol. The maximum atomic E-state index is 13.8. The number of amides is 1. The summed E-state index contributed by atoms with van der Waals surface area (Å²) in [5.74, 6) is -1.78. The lowest BCUT2D eigenvalue weighted by molar-refractivity contribution is 0.0600. The molecule has 1 saturated heterocycles. The van der Waals surface area contributed by atoms with Gasteiger partial charge in [-0.15, -0.1) is 12.4 Å². The van der Waals surface area contributed by atoms with Crippen LogP contribution in [0.4, 0.5) is 8.78 Å². The predicted molar refractivity (Wildman–Crippen MR) is 80.7 cm³/mol. The number of carbonyl (C=O) groups is 1. The van der Waals surface area contributed by atoms with E-state index in [4.69, 9.17) is 5.73 Å². The van der Waals surface area contributed by atoms with Crippen LogP contribution in [-0.4, -0.2) is 29.9 Å². The van der Waals surface area contributed by atoms with Crippen LogP contribution >= 0.6 is 12.4 Å². The molecular formula is C15H21ClF2N2O. The van der Waals surface area contributed by atoms with Gasteiger partial charge in [-0.05, 0) is 50.8 Å². The minimum absolute atomic E-state index is 0. The molecule has 0 spiro atoms. The van der Waals surface area contributed by atoms with Crippen molar-refractivity contribution in [2.24, 2.45) is 5.73 Å². The number of hydrogen-bond acceptors (Lipinski definition) is 2. The topological polar surface area (TPSA) is 46.3 Å². The van der Waals surface area contributed by atoms with E-state index in [9.17, 15) is 13.6 Å². The van der Waals surface area contributed by atoms with Gasteiger partial charge in [0, 0.05) is 18.7 Å². The number of halogens is 3. The second-order valence-electron chi connectivity index (χ2n) is 5.31. The van der Waals surface area contributed by atoms with Crippen LogP contribution < -0.4 is 5.73 Å². The molecule has 0 radical (unpaired) electrons. The van der Waals surface area contributed by atoms with E-state index in [-0.39, 0.29) is 35.5 Å². The minimum atomic E-state index is -0.796. The number of piperidine rings is 1. The highest BCUT2D eigenvalue weighted by Gasteiger charge is 2.28. The highest BCUT2D eigenvalue weighted by molar-refractivity contribution is 5.95. The second-order valence-corrected chi connectivity index (χ2v) is 5.31. The predicted octanol–water partition coefficient (Wildman–Crippen LogP) is 3.04. The molecule has 2 rings (SSSR count). The molecule has 3 nitrogen and oxygen atoms in total. The fourth-order valence-corrected chi connectivity index (χ4v) is 2.74. The quantitative estimate of drug-likeness (QED) is 0.931. The molecule has 21 heavy (non-hydrogen) atoms. The van der Waals surface area contributed by atoms with Gasteiger partial charge in [-0.3, -0.25) is 4.79 Å². The summed E-state index contributed by atoms with van der Waals surface area (Å²) in [5.41, 5.74) is 5.80. The summed E-state index contributed by atoms with van der Waals surface area (Å²) >= 11 is 0. The Labute approximate surface area is 129 Å². The lowest BCUT2D eigenvalue weighted by atomic mass is 9.97. The lowest BCUT2D eigenvalue weighted by Gasteiger charge is -2.36. The van der Waals surface area contributed by atoms with Crippen LogP contribution in [-0.2, 0) is 0 Å². The standard InChI is InChI=1S/C15H20F2N2O.ClH/c1-10-8-12(14(17)9-13(10)16)15(20)19-7-3-2-4-11(19)5-6-18;/h8-9,11H,2-7,18H2,1H3;1H. The van der Waals surface area contributed by atoms with Crippen molar-refractivity contribution >= 4 is 18.3 Å². The van der Waals surface area contributed by atoms with Crippen LogP contribution in [0, 0.1) is 18.6 Å². The van der Waals surface area contributed by atoms with E-state index in [1.807, 2.05) is 0 Å². The summed E-state index contributed by atoms with van der Waals surface area (Å²) < 4.78 is 27.1. The van der Waals surface area contributed by atoms with Crippen molar-refractivity contribution in [2.45, 2.75) is 38.6 Å². The van der Waals surface area contributed by atoms with E-state index in [0.717, 1.165) is 25.3 Å². The van der Waals surface area contributed by atoms with Gasteiger partial charge in [0.2, 0.25) is 0 Å². The third kappa shape index (κ3) is 3.92. The number of benzene rings is 1. The summed E-state index contributed by atoms with van der Waals surface area (Å²) in [6.07, 6.45) is 3.58. The summed E-state index contributed by atoms with van der Waals surface area (Å²) in [6, 6.07) is 2.14. The lowest BCUT2D eigenvalue weighted by Crippen LogP contribution is -2.45. The summed E-state index contributed by atoms with van der Waals surface area (Å²) in [6.45, 7) is 2.64. The molecule has 1 atom stereocenters. The van der Waals surface area contributed by atoms with E-state index in [1.54, 1.807) is 4.90 Å². The Morgan fingerprint density at radius 3 is 2.71 bits per heavy atom. The fraction of sp³-hybridized carbons (Fsp3) is 0.533. The van der Waals surface area contributed by atoms with Gasteiger partial charge in [0.1, 0.15) is 11.6 Å². The molecule has 0 aliphatic carbocycles. The number of nitrogens with zero attached hydrogens (tertiary/aromatic N) is 1. The summed E-state index contributed by atoms with van der Waals surface area (Å²) in [5, 5.41) is 0. The molecule has 1 amide bonds. The van der Waals surface area contributed by atoms with Crippen LogP contribution in [0.15, 0.2) is 12.1 Å². The molecule has 1 fully saturated rings. The Balaban J connectivity index is 0.00000220. The van der Waals surface area contributed by atoms with Crippen molar-refractivity contribution in [3.8, 4) is 0 Å².